The average molecular weight is 919 g/mol. The molecule has 19 nitrogen and oxygen atoms in total. The van der Waals surface area contributed by atoms with Gasteiger partial charge < -0.3 is 49.3 Å². The first-order chi connectivity index (χ1) is 26.8. The van der Waals surface area contributed by atoms with Crippen LogP contribution in [0.5, 0.6) is 0 Å². The van der Waals surface area contributed by atoms with E-state index >= 15 is 0 Å². The molecule has 8 N–H and O–H groups in total. The van der Waals surface area contributed by atoms with E-state index in [4.69, 9.17) is 28.3 Å². The van der Waals surface area contributed by atoms with Crippen LogP contribution in [-0.2, 0) is 50.9 Å². The fourth-order valence-electron chi connectivity index (χ4n) is 5.34. The van der Waals surface area contributed by atoms with Crippen LogP contribution < -0.4 is 0 Å². The molecule has 0 saturated heterocycles. The number of carbonyl (C=O) groups excluding carboxylic acids is 2. The van der Waals surface area contributed by atoms with Gasteiger partial charge in [-0.1, -0.05) is 89.9 Å². The maximum atomic E-state index is 12.9. The normalized spacial score (nSPS) is 21.7. The van der Waals surface area contributed by atoms with Crippen molar-refractivity contribution in [3.63, 3.8) is 0 Å². The minimum absolute atomic E-state index is 0. The molecular weight excluding hydrogens is 849 g/mol. The fraction of sp³-hybridized carbons (Fsp3) is 0.714. The monoisotopic (exact) mass is 918 g/mol. The first-order valence-electron chi connectivity index (χ1n) is 18.3. The van der Waals surface area contributed by atoms with Crippen molar-refractivity contribution in [1.29, 1.82) is 0 Å². The molecule has 0 heterocycles. The number of rotatable bonds is 26. The maximum absolute atomic E-state index is 12.9. The van der Waals surface area contributed by atoms with Gasteiger partial charge in [-0.05, 0) is 48.9 Å². The molecule has 8 atom stereocenters. The van der Waals surface area contributed by atoms with Gasteiger partial charge in [0, 0.05) is 22.3 Å². The van der Waals surface area contributed by atoms with Gasteiger partial charge in [0.2, 0.25) is 0 Å². The second-order valence-electron chi connectivity index (χ2n) is 12.8. The molecule has 0 bridgehead atoms. The van der Waals surface area contributed by atoms with E-state index in [1.807, 2.05) is 5.92 Å². The van der Waals surface area contributed by atoms with Crippen molar-refractivity contribution in [3.05, 3.63) is 0 Å². The molecule has 0 aromatic heterocycles. The highest BCUT2D eigenvalue weighted by Gasteiger charge is 2.56. The van der Waals surface area contributed by atoms with Gasteiger partial charge in [-0.3, -0.25) is 22.9 Å². The van der Waals surface area contributed by atoms with Crippen LogP contribution in [0.25, 0.3) is 0 Å². The van der Waals surface area contributed by atoms with Crippen LogP contribution in [0.1, 0.15) is 114 Å². The number of phosphoric ester groups is 3. The van der Waals surface area contributed by atoms with Crippen LogP contribution in [0, 0.1) is 47.4 Å². The van der Waals surface area contributed by atoms with E-state index < -0.39 is 91.3 Å². The Morgan fingerprint density at radius 3 is 1.57 bits per heavy atom. The smallest absolute Gasteiger partial charge is 0.456 e. The number of ether oxygens (including phenoxy) is 2. The number of phosphoric acid groups is 3. The molecule has 1 saturated carbocycles. The Hall–Kier alpha value is -2.26. The van der Waals surface area contributed by atoms with Crippen molar-refractivity contribution in [2.75, 3.05) is 13.2 Å². The molecule has 0 aromatic carbocycles. The standard InChI is InChI=1S/C35H53O19P3.H2S.7H2/c1-3-5-7-9-11-12-13-14-15-16-18-20-22-24-29(37)51-27(25-49-28(36)23-21-19-17-10-8-6-4-2)26-50-57(47,48)54-33-30(38)31(39)34(52-55(41,42)43)35(32(33)40)53-56(44,45)46;;;;;;;;/h27,30-35,38-40H,3,5,7,9,11-16,18,20,22,24-26H2,1-2H3,(H,47,48)(H2,41,42,43)(H2,44,45,46);1H2;7*1H/t27-,30?,31+,32-,33?,34+,35?;;;;;;;;/m1......../s1. The number of unbranched alkanes of at least 4 members (excludes halogenated alkanes) is 12. The molecule has 0 aliphatic heterocycles. The van der Waals surface area contributed by atoms with E-state index in [0.717, 1.165) is 32.1 Å². The Balaban J connectivity index is -0.000000677. The van der Waals surface area contributed by atoms with Gasteiger partial charge in [-0.2, -0.15) is 13.5 Å². The first kappa shape index (κ1) is 55.7. The third-order valence-electron chi connectivity index (χ3n) is 8.00. The van der Waals surface area contributed by atoms with Gasteiger partial charge in [-0.15, -0.1) is 0 Å². The Morgan fingerprint density at radius 1 is 0.621 bits per heavy atom. The van der Waals surface area contributed by atoms with E-state index in [1.165, 1.54) is 44.9 Å². The lowest BCUT2D eigenvalue weighted by atomic mass is 9.85. The zero-order chi connectivity index (χ0) is 42.9. The predicted octanol–water partition coefficient (Wildman–Crippen LogP) is 4.35. The van der Waals surface area contributed by atoms with Crippen molar-refractivity contribution in [3.8, 4) is 47.4 Å². The topological polar surface area (TPSA) is 303 Å². The summed E-state index contributed by atoms with van der Waals surface area (Å²) in [5.41, 5.74) is 0. The molecule has 0 amide bonds. The lowest BCUT2D eigenvalue weighted by Gasteiger charge is -2.44. The van der Waals surface area contributed by atoms with Gasteiger partial charge in [-0.25, -0.2) is 18.5 Å². The molecule has 0 spiro atoms. The van der Waals surface area contributed by atoms with Gasteiger partial charge >= 0.3 is 35.4 Å². The Bertz CT molecular complexity index is 1690. The van der Waals surface area contributed by atoms with E-state index in [0.29, 0.717) is 6.42 Å². The van der Waals surface area contributed by atoms with E-state index in [2.05, 4.69) is 57.4 Å². The second-order valence-corrected chi connectivity index (χ2v) is 16.5. The van der Waals surface area contributed by atoms with E-state index in [-0.39, 0.29) is 29.9 Å². The summed E-state index contributed by atoms with van der Waals surface area (Å²) in [5, 5.41) is 31.6. The van der Waals surface area contributed by atoms with Crippen molar-refractivity contribution in [1.82, 2.24) is 0 Å². The van der Waals surface area contributed by atoms with Crippen LogP contribution in [0.4, 0.5) is 0 Å². The molecule has 0 radical (unpaired) electrons. The highest BCUT2D eigenvalue weighted by molar-refractivity contribution is 7.59. The molecule has 23 heteroatoms. The Kier molecular flexibility index (Phi) is 28.7. The van der Waals surface area contributed by atoms with Crippen molar-refractivity contribution in [2.45, 2.75) is 146 Å². The average Bonchev–Trinajstić information content (AvgIpc) is 3.12. The lowest BCUT2D eigenvalue weighted by molar-refractivity contribution is -0.213. The zero-order valence-corrected chi connectivity index (χ0v) is 35.9. The minimum Gasteiger partial charge on any atom is -0.456 e. The molecule has 1 aliphatic rings. The highest BCUT2D eigenvalue weighted by atomic mass is 32.1. The van der Waals surface area contributed by atoms with Crippen LogP contribution >= 0.6 is 37.0 Å². The third-order valence-corrected chi connectivity index (χ3v) is 10.0. The molecule has 4 unspecified atom stereocenters. The summed E-state index contributed by atoms with van der Waals surface area (Å²) in [6.45, 7) is 1.99. The van der Waals surface area contributed by atoms with Crippen LogP contribution in [0.3, 0.4) is 0 Å². The Morgan fingerprint density at radius 2 is 1.07 bits per heavy atom. The number of hydrogen-bond donors (Lipinski definition) is 8. The number of carbonyl (C=O) groups is 2. The Labute approximate surface area is 356 Å². The molecule has 1 fully saturated rings. The van der Waals surface area contributed by atoms with Gasteiger partial charge in [0.15, 0.2) is 6.10 Å². The molecule has 1 rings (SSSR count). The summed E-state index contributed by atoms with van der Waals surface area (Å²) in [6.07, 6.45) is -2.80. The molecule has 0 aromatic rings. The largest absolute Gasteiger partial charge is 0.472 e. The number of hydrogen-bond acceptors (Lipinski definition) is 14. The zero-order valence-electron chi connectivity index (χ0n) is 32.3. The summed E-state index contributed by atoms with van der Waals surface area (Å²) in [6, 6.07) is 0. The minimum atomic E-state index is -5.61. The molecule has 344 valence electrons. The van der Waals surface area contributed by atoms with E-state index in [1.54, 1.807) is 6.92 Å². The fourth-order valence-corrected chi connectivity index (χ4v) is 7.43. The van der Waals surface area contributed by atoms with E-state index in [9.17, 15) is 53.3 Å². The summed E-state index contributed by atoms with van der Waals surface area (Å²) in [5.74, 6) is 16.6. The quantitative estimate of drug-likeness (QED) is 0.0197. The molecule has 58 heavy (non-hydrogen) atoms. The number of esters is 2. The summed E-state index contributed by atoms with van der Waals surface area (Å²) in [4.78, 5) is 72.1. The van der Waals surface area contributed by atoms with Gasteiger partial charge in [0.1, 0.15) is 43.2 Å². The van der Waals surface area contributed by atoms with Crippen LogP contribution in [0.15, 0.2) is 0 Å². The van der Waals surface area contributed by atoms with Gasteiger partial charge in [0.05, 0.1) is 6.61 Å². The van der Waals surface area contributed by atoms with Crippen LogP contribution in [0.2, 0.25) is 0 Å². The second kappa shape index (κ2) is 29.9. The number of aliphatic hydroxyl groups is 3. The predicted molar refractivity (Wildman–Crippen MR) is 226 cm³/mol. The lowest BCUT2D eigenvalue weighted by Crippen LogP contribution is -2.65. The van der Waals surface area contributed by atoms with Crippen molar-refractivity contribution in [2.24, 2.45) is 0 Å². The maximum Gasteiger partial charge on any atom is 0.472 e. The first-order valence-corrected chi connectivity index (χ1v) is 22.8. The van der Waals surface area contributed by atoms with Crippen molar-refractivity contribution >= 4 is 48.9 Å². The van der Waals surface area contributed by atoms with Crippen molar-refractivity contribution < 1.29 is 101 Å². The van der Waals surface area contributed by atoms with Crippen LogP contribution in [-0.4, -0.2) is 108 Å². The van der Waals surface area contributed by atoms with Gasteiger partial charge in [0.25, 0.3) is 0 Å². The third kappa shape index (κ3) is 26.1. The molecule has 1 aliphatic carbocycles. The summed E-state index contributed by atoms with van der Waals surface area (Å²) >= 11 is 0. The number of aliphatic hydroxyl groups excluding tert-OH is 3. The highest BCUT2D eigenvalue weighted by Crippen LogP contribution is 2.51. The molecular formula is C35H69O19P3S. The SMILES string of the molecule is CC#CC#CC#CC#CC(=O)OC[C@H](COP(=O)(O)OC1C(O)[C@H](O)[C@H](OP(=O)(O)O)C(OP(=O)(O)O)[C@@H]1O)OC(=O)CCCCCCCCCCCCCCC.S.[HH].[HH].[HH].[HH].[HH].[HH].[HH]. The summed E-state index contributed by atoms with van der Waals surface area (Å²) in [7, 11) is -16.7. The summed E-state index contributed by atoms with van der Waals surface area (Å²) < 4.78 is 64.3.